The van der Waals surface area contributed by atoms with Gasteiger partial charge in [-0.2, -0.15) is 0 Å². The fraction of sp³-hybridized carbons (Fsp3) is 0.595. The maximum atomic E-state index is 14.6. The number of aliphatic hydroxyl groups is 1. The Morgan fingerprint density at radius 3 is 2.32 bits per heavy atom. The first-order valence-corrected chi connectivity index (χ1v) is 16.3. The van der Waals surface area contributed by atoms with Gasteiger partial charge in [-0.05, 0) is 72.6 Å². The molecule has 3 fully saturated rings. The third kappa shape index (κ3) is 4.14. The van der Waals surface area contributed by atoms with Crippen molar-refractivity contribution in [1.82, 2.24) is 0 Å². The Kier molecular flexibility index (Phi) is 7.31. The van der Waals surface area contributed by atoms with E-state index in [9.17, 15) is 34.2 Å². The molecular weight excluding hydrogens is 556 g/mol. The number of phenolic OH excluding ortho intramolecular Hbond substituents is 1. The minimum Gasteiger partial charge on any atom is -0.507 e. The fourth-order valence-corrected chi connectivity index (χ4v) is 10.0. The zero-order valence-corrected chi connectivity index (χ0v) is 26.5. The molecule has 5 aliphatic rings. The van der Waals surface area contributed by atoms with E-state index in [1.165, 1.54) is 6.42 Å². The standard InChI is InChI=1S/C37H44O7/c1-19(2)28-31(40)26(20(3)38)33(42)37(44)34(43)29-32(41)27-25(17-35(29,4)18-36(28,37)5)23(15-21-11-7-6-8-12-21)16-24(30(27)39)22-13-9-10-14-22/h9,13-14,16,19,21,26,28-29,39,44H,6-8,10-12,15,17-18H2,1-5H3/t26?,28?,29?,35-,36-,37+/m1/s1. The zero-order chi connectivity index (χ0) is 31.9. The fourth-order valence-electron chi connectivity index (χ4n) is 10.0. The van der Waals surface area contributed by atoms with Crippen LogP contribution in [0, 0.1) is 40.4 Å². The third-order valence-electron chi connectivity index (χ3n) is 11.8. The largest absolute Gasteiger partial charge is 0.507 e. The Bertz CT molecular complexity index is 1560. The van der Waals surface area contributed by atoms with Gasteiger partial charge in [0, 0.05) is 16.9 Å². The van der Waals surface area contributed by atoms with E-state index in [0.29, 0.717) is 17.9 Å². The molecule has 0 aromatic heterocycles. The smallest absolute Gasteiger partial charge is 0.190 e. The highest BCUT2D eigenvalue weighted by Gasteiger charge is 2.76. The summed E-state index contributed by atoms with van der Waals surface area (Å²) in [6.07, 6.45) is 13.5. The topological polar surface area (TPSA) is 126 Å². The number of benzene rings is 1. The van der Waals surface area contributed by atoms with Crippen LogP contribution in [0.1, 0.15) is 107 Å². The molecule has 1 aromatic rings. The molecule has 0 radical (unpaired) electrons. The highest BCUT2D eigenvalue weighted by molar-refractivity contribution is 6.32. The van der Waals surface area contributed by atoms with Crippen LogP contribution in [-0.4, -0.2) is 44.7 Å². The second kappa shape index (κ2) is 10.4. The molecule has 0 saturated heterocycles. The predicted octanol–water partition coefficient (Wildman–Crippen LogP) is 5.56. The van der Waals surface area contributed by atoms with Gasteiger partial charge in [-0.25, -0.2) is 0 Å². The monoisotopic (exact) mass is 600 g/mol. The van der Waals surface area contributed by atoms with E-state index in [-0.39, 0.29) is 23.7 Å². The average Bonchev–Trinajstić information content (AvgIpc) is 3.47. The van der Waals surface area contributed by atoms with Crippen molar-refractivity contribution in [2.24, 2.45) is 40.4 Å². The molecule has 6 rings (SSSR count). The second-order valence-electron chi connectivity index (χ2n) is 15.1. The third-order valence-corrected chi connectivity index (χ3v) is 11.8. The first kappa shape index (κ1) is 30.8. The summed E-state index contributed by atoms with van der Waals surface area (Å²) in [6.45, 7) is 8.20. The SMILES string of the molecule is CC(=O)C1C(=O)C(C(C)C)[C@@]2(C)C[C@@]3(C)Cc4c(CC5CCCCC5)cc(C5=CCC=C5)c(O)c4C(=O)C3C(=O)[C@@]2(O)C1=O. The van der Waals surface area contributed by atoms with Crippen molar-refractivity contribution in [2.75, 3.05) is 0 Å². The number of ketones is 5. The maximum absolute atomic E-state index is 14.6. The molecular formula is C37H44O7. The molecule has 3 saturated carbocycles. The molecule has 3 unspecified atom stereocenters. The number of phenols is 1. The van der Waals surface area contributed by atoms with Crippen molar-refractivity contribution < 1.29 is 34.2 Å². The number of carbonyl (C=O) groups excluding carboxylic acids is 5. The summed E-state index contributed by atoms with van der Waals surface area (Å²) in [5.74, 6) is -8.08. The van der Waals surface area contributed by atoms with Crippen molar-refractivity contribution in [3.8, 4) is 5.75 Å². The van der Waals surface area contributed by atoms with Crippen LogP contribution in [-0.2, 0) is 32.0 Å². The lowest BCUT2D eigenvalue weighted by Crippen LogP contribution is -2.76. The highest BCUT2D eigenvalue weighted by Crippen LogP contribution is 2.64. The first-order chi connectivity index (χ1) is 20.7. The second-order valence-corrected chi connectivity index (χ2v) is 15.1. The normalized spacial score (nSPS) is 35.4. The van der Waals surface area contributed by atoms with Gasteiger partial charge in [0.15, 0.2) is 28.7 Å². The van der Waals surface area contributed by atoms with Gasteiger partial charge in [-0.1, -0.05) is 78.0 Å². The summed E-state index contributed by atoms with van der Waals surface area (Å²) < 4.78 is 0. The van der Waals surface area contributed by atoms with E-state index < -0.39 is 63.1 Å². The molecule has 0 heterocycles. The number of hydrogen-bond donors (Lipinski definition) is 2. The van der Waals surface area contributed by atoms with E-state index in [1.54, 1.807) is 20.8 Å². The highest BCUT2D eigenvalue weighted by atomic mass is 16.3. The van der Waals surface area contributed by atoms with Crippen LogP contribution >= 0.6 is 0 Å². The van der Waals surface area contributed by atoms with Crippen LogP contribution in [0.4, 0.5) is 0 Å². The van der Waals surface area contributed by atoms with Crippen molar-refractivity contribution in [3.63, 3.8) is 0 Å². The molecule has 7 nitrogen and oxygen atoms in total. The van der Waals surface area contributed by atoms with Crippen LogP contribution in [0.25, 0.3) is 5.57 Å². The molecule has 0 bridgehead atoms. The molecule has 0 spiro atoms. The van der Waals surface area contributed by atoms with Gasteiger partial charge in [0.05, 0.1) is 11.5 Å². The van der Waals surface area contributed by atoms with Crippen molar-refractivity contribution in [2.45, 2.75) is 98.0 Å². The summed E-state index contributed by atoms with van der Waals surface area (Å²) in [5, 5.41) is 24.0. The zero-order valence-electron chi connectivity index (χ0n) is 26.5. The Balaban J connectivity index is 1.54. The number of Topliss-reactive ketones (excluding diaryl/α,β-unsaturated/α-hetero) is 5. The summed E-state index contributed by atoms with van der Waals surface area (Å²) in [7, 11) is 0. The van der Waals surface area contributed by atoms with Crippen LogP contribution in [0.3, 0.4) is 0 Å². The average molecular weight is 601 g/mol. The number of aromatic hydroxyl groups is 1. The molecule has 0 amide bonds. The van der Waals surface area contributed by atoms with E-state index in [0.717, 1.165) is 62.1 Å². The van der Waals surface area contributed by atoms with E-state index in [2.05, 4.69) is 0 Å². The number of carbonyl (C=O) groups is 5. The summed E-state index contributed by atoms with van der Waals surface area (Å²) in [5.41, 5.74) is -1.97. The Hall–Kier alpha value is -3.19. The van der Waals surface area contributed by atoms with Crippen molar-refractivity contribution in [1.29, 1.82) is 0 Å². The lowest BCUT2D eigenvalue weighted by atomic mass is 9.39. The molecule has 2 N–H and O–H groups in total. The van der Waals surface area contributed by atoms with Gasteiger partial charge in [0.2, 0.25) is 0 Å². The molecule has 234 valence electrons. The number of rotatable bonds is 5. The predicted molar refractivity (Wildman–Crippen MR) is 165 cm³/mol. The molecule has 5 aliphatic carbocycles. The Labute approximate surface area is 259 Å². The van der Waals surface area contributed by atoms with Gasteiger partial charge in [-0.3, -0.25) is 24.0 Å². The van der Waals surface area contributed by atoms with Gasteiger partial charge >= 0.3 is 0 Å². The van der Waals surface area contributed by atoms with Crippen LogP contribution in [0.2, 0.25) is 0 Å². The van der Waals surface area contributed by atoms with Crippen molar-refractivity contribution >= 4 is 34.5 Å². The summed E-state index contributed by atoms with van der Waals surface area (Å²) in [6, 6.07) is 2.02. The summed E-state index contributed by atoms with van der Waals surface area (Å²) >= 11 is 0. The van der Waals surface area contributed by atoms with E-state index in [4.69, 9.17) is 0 Å². The maximum Gasteiger partial charge on any atom is 0.190 e. The van der Waals surface area contributed by atoms with Gasteiger partial charge < -0.3 is 10.2 Å². The minimum atomic E-state index is -2.68. The van der Waals surface area contributed by atoms with Crippen LogP contribution in [0.15, 0.2) is 24.3 Å². The number of hydrogen-bond acceptors (Lipinski definition) is 7. The van der Waals surface area contributed by atoms with E-state index >= 15 is 0 Å². The van der Waals surface area contributed by atoms with Gasteiger partial charge in [0.1, 0.15) is 17.5 Å². The quantitative estimate of drug-likeness (QED) is 0.424. The van der Waals surface area contributed by atoms with E-state index in [1.807, 2.05) is 31.2 Å². The van der Waals surface area contributed by atoms with Crippen LogP contribution in [0.5, 0.6) is 5.75 Å². The molecule has 0 aliphatic heterocycles. The number of allylic oxidation sites excluding steroid dienone is 4. The van der Waals surface area contributed by atoms with Crippen molar-refractivity contribution in [3.05, 3.63) is 46.5 Å². The van der Waals surface area contributed by atoms with Gasteiger partial charge in [-0.15, -0.1) is 0 Å². The summed E-state index contributed by atoms with van der Waals surface area (Å²) in [4.78, 5) is 69.6. The molecule has 44 heavy (non-hydrogen) atoms. The number of fused-ring (bicyclic) bond motifs is 3. The minimum absolute atomic E-state index is 0.0717. The van der Waals surface area contributed by atoms with Crippen LogP contribution < -0.4 is 0 Å². The molecule has 7 heteroatoms. The first-order valence-electron chi connectivity index (χ1n) is 16.3. The lowest BCUT2D eigenvalue weighted by Gasteiger charge is -2.62. The Morgan fingerprint density at radius 2 is 1.73 bits per heavy atom. The van der Waals surface area contributed by atoms with Gasteiger partial charge in [0.25, 0.3) is 0 Å². The Morgan fingerprint density at radius 1 is 1.05 bits per heavy atom. The lowest BCUT2D eigenvalue weighted by molar-refractivity contribution is -0.205. The molecule has 1 aromatic carbocycles. The molecule has 6 atom stereocenters.